The Morgan fingerprint density at radius 1 is 1.04 bits per heavy atom. The van der Waals surface area contributed by atoms with Gasteiger partial charge in [-0.25, -0.2) is 0 Å². The third-order valence-corrected chi connectivity index (χ3v) is 3.58. The predicted molar refractivity (Wildman–Crippen MR) is 95.6 cm³/mol. The van der Waals surface area contributed by atoms with E-state index in [0.717, 1.165) is 16.8 Å². The molecule has 24 heavy (non-hydrogen) atoms. The van der Waals surface area contributed by atoms with Crippen molar-refractivity contribution in [2.45, 2.75) is 20.8 Å². The van der Waals surface area contributed by atoms with E-state index in [1.165, 1.54) is 11.8 Å². The minimum absolute atomic E-state index is 0.0476. The van der Waals surface area contributed by atoms with Crippen molar-refractivity contribution in [3.8, 4) is 5.75 Å². The largest absolute Gasteiger partial charge is 0.484 e. The lowest BCUT2D eigenvalue weighted by Gasteiger charge is -2.15. The van der Waals surface area contributed by atoms with Crippen molar-refractivity contribution >= 4 is 23.2 Å². The van der Waals surface area contributed by atoms with Crippen molar-refractivity contribution in [1.82, 2.24) is 0 Å². The second-order valence-electron chi connectivity index (χ2n) is 5.79. The topological polar surface area (TPSA) is 58.6 Å². The van der Waals surface area contributed by atoms with Crippen LogP contribution in [0, 0.1) is 13.8 Å². The molecule has 0 aliphatic carbocycles. The summed E-state index contributed by atoms with van der Waals surface area (Å²) in [6, 6.07) is 12.9. The normalized spacial score (nSPS) is 10.2. The van der Waals surface area contributed by atoms with Crippen LogP contribution in [0.4, 0.5) is 11.4 Å². The Morgan fingerprint density at radius 2 is 1.62 bits per heavy atom. The highest BCUT2D eigenvalue weighted by Gasteiger charge is 2.07. The Morgan fingerprint density at radius 3 is 2.17 bits per heavy atom. The summed E-state index contributed by atoms with van der Waals surface area (Å²) in [5.74, 6) is 0.400. The first-order valence-electron chi connectivity index (χ1n) is 7.70. The van der Waals surface area contributed by atoms with Crippen LogP contribution in [0.25, 0.3) is 0 Å². The SMILES string of the molecule is CC(=O)N(C)c1ccc(NC(=O)COc2cc(C)cc(C)c2)cc1. The molecule has 0 saturated heterocycles. The van der Waals surface area contributed by atoms with Crippen molar-refractivity contribution < 1.29 is 14.3 Å². The lowest BCUT2D eigenvalue weighted by molar-refractivity contribution is -0.118. The second-order valence-corrected chi connectivity index (χ2v) is 5.79. The van der Waals surface area contributed by atoms with Gasteiger partial charge in [-0.2, -0.15) is 0 Å². The molecule has 126 valence electrons. The molecule has 2 amide bonds. The fourth-order valence-corrected chi connectivity index (χ4v) is 2.31. The van der Waals surface area contributed by atoms with Gasteiger partial charge in [-0.3, -0.25) is 9.59 Å². The lowest BCUT2D eigenvalue weighted by Crippen LogP contribution is -2.23. The molecule has 0 heterocycles. The van der Waals surface area contributed by atoms with E-state index in [1.54, 1.807) is 31.3 Å². The van der Waals surface area contributed by atoms with Crippen molar-refractivity contribution in [3.05, 3.63) is 53.6 Å². The van der Waals surface area contributed by atoms with Crippen LogP contribution < -0.4 is 15.0 Å². The number of benzene rings is 2. The van der Waals surface area contributed by atoms with Crippen LogP contribution in [0.5, 0.6) is 5.75 Å². The molecule has 0 bridgehead atoms. The number of nitrogens with one attached hydrogen (secondary N) is 1. The minimum atomic E-state index is -0.234. The molecule has 1 N–H and O–H groups in total. The number of nitrogens with zero attached hydrogens (tertiary/aromatic N) is 1. The average Bonchev–Trinajstić information content (AvgIpc) is 2.52. The summed E-state index contributed by atoms with van der Waals surface area (Å²) in [7, 11) is 1.70. The van der Waals surface area contributed by atoms with Gasteiger partial charge in [0.2, 0.25) is 5.91 Å². The smallest absolute Gasteiger partial charge is 0.262 e. The number of carbonyl (C=O) groups excluding carboxylic acids is 2. The Labute approximate surface area is 142 Å². The van der Waals surface area contributed by atoms with Gasteiger partial charge in [-0.1, -0.05) is 6.07 Å². The number of ether oxygens (including phenoxy) is 1. The summed E-state index contributed by atoms with van der Waals surface area (Å²) >= 11 is 0. The number of aryl methyl sites for hydroxylation is 2. The molecule has 5 nitrogen and oxygen atoms in total. The molecule has 0 spiro atoms. The molecular weight excluding hydrogens is 304 g/mol. The van der Waals surface area contributed by atoms with E-state index in [4.69, 9.17) is 4.74 Å². The number of rotatable bonds is 5. The van der Waals surface area contributed by atoms with E-state index < -0.39 is 0 Å². The molecule has 2 aromatic carbocycles. The van der Waals surface area contributed by atoms with Gasteiger partial charge in [0, 0.05) is 25.3 Å². The van der Waals surface area contributed by atoms with Crippen LogP contribution in [0.3, 0.4) is 0 Å². The van der Waals surface area contributed by atoms with Gasteiger partial charge in [0.05, 0.1) is 0 Å². The van der Waals surface area contributed by atoms with Crippen LogP contribution in [-0.4, -0.2) is 25.5 Å². The molecule has 0 aliphatic rings. The number of amides is 2. The highest BCUT2D eigenvalue weighted by atomic mass is 16.5. The minimum Gasteiger partial charge on any atom is -0.484 e. The van der Waals surface area contributed by atoms with Gasteiger partial charge in [0.1, 0.15) is 5.75 Å². The Balaban J connectivity index is 1.91. The molecule has 2 rings (SSSR count). The van der Waals surface area contributed by atoms with Gasteiger partial charge in [0.25, 0.3) is 5.91 Å². The molecular formula is C19H22N2O3. The maximum Gasteiger partial charge on any atom is 0.262 e. The number of hydrogen-bond donors (Lipinski definition) is 1. The summed E-state index contributed by atoms with van der Waals surface area (Å²) in [6.07, 6.45) is 0. The van der Waals surface area contributed by atoms with Crippen LogP contribution >= 0.6 is 0 Å². The van der Waals surface area contributed by atoms with E-state index in [1.807, 2.05) is 32.0 Å². The number of hydrogen-bond acceptors (Lipinski definition) is 3. The molecule has 0 fully saturated rings. The maximum absolute atomic E-state index is 12.0. The summed E-state index contributed by atoms with van der Waals surface area (Å²) in [6.45, 7) is 5.41. The molecule has 0 saturated carbocycles. The molecule has 0 unspecified atom stereocenters. The second kappa shape index (κ2) is 7.64. The Hall–Kier alpha value is -2.82. The highest BCUT2D eigenvalue weighted by molar-refractivity contribution is 5.93. The van der Waals surface area contributed by atoms with Crippen molar-refractivity contribution in [2.75, 3.05) is 23.9 Å². The monoisotopic (exact) mass is 326 g/mol. The maximum atomic E-state index is 12.0. The molecule has 0 aliphatic heterocycles. The van der Waals surface area contributed by atoms with Gasteiger partial charge in [-0.05, 0) is 61.4 Å². The third kappa shape index (κ3) is 4.84. The van der Waals surface area contributed by atoms with Crippen LogP contribution in [0.15, 0.2) is 42.5 Å². The summed E-state index contributed by atoms with van der Waals surface area (Å²) in [5, 5.41) is 2.77. The van der Waals surface area contributed by atoms with E-state index in [2.05, 4.69) is 5.32 Å². The zero-order chi connectivity index (χ0) is 17.7. The van der Waals surface area contributed by atoms with E-state index >= 15 is 0 Å². The first-order valence-corrected chi connectivity index (χ1v) is 7.70. The van der Waals surface area contributed by atoms with Crippen molar-refractivity contribution in [2.24, 2.45) is 0 Å². The highest BCUT2D eigenvalue weighted by Crippen LogP contribution is 2.18. The van der Waals surface area contributed by atoms with Crippen LogP contribution in [0.1, 0.15) is 18.1 Å². The van der Waals surface area contributed by atoms with Gasteiger partial charge < -0.3 is 15.0 Å². The molecule has 2 aromatic rings. The van der Waals surface area contributed by atoms with Gasteiger partial charge >= 0.3 is 0 Å². The standard InChI is InChI=1S/C19H22N2O3/c1-13-9-14(2)11-18(10-13)24-12-19(23)20-16-5-7-17(8-6-16)21(4)15(3)22/h5-11H,12H2,1-4H3,(H,20,23). The van der Waals surface area contributed by atoms with Crippen molar-refractivity contribution in [1.29, 1.82) is 0 Å². The van der Waals surface area contributed by atoms with Crippen LogP contribution in [-0.2, 0) is 9.59 Å². The zero-order valence-electron chi connectivity index (χ0n) is 14.4. The fourth-order valence-electron chi connectivity index (χ4n) is 2.31. The molecule has 0 aromatic heterocycles. The van der Waals surface area contributed by atoms with Crippen molar-refractivity contribution in [3.63, 3.8) is 0 Å². The number of carbonyl (C=O) groups is 2. The van der Waals surface area contributed by atoms with E-state index in [0.29, 0.717) is 11.4 Å². The lowest BCUT2D eigenvalue weighted by atomic mass is 10.1. The predicted octanol–water partition coefficient (Wildman–Crippen LogP) is 3.30. The first kappa shape index (κ1) is 17.5. The Bertz CT molecular complexity index is 719. The van der Waals surface area contributed by atoms with E-state index in [9.17, 15) is 9.59 Å². The Kier molecular flexibility index (Phi) is 5.58. The summed E-state index contributed by atoms with van der Waals surface area (Å²) < 4.78 is 5.53. The van der Waals surface area contributed by atoms with Crippen LogP contribution in [0.2, 0.25) is 0 Å². The zero-order valence-corrected chi connectivity index (χ0v) is 14.4. The van der Waals surface area contributed by atoms with E-state index in [-0.39, 0.29) is 18.4 Å². The third-order valence-electron chi connectivity index (χ3n) is 3.58. The fraction of sp³-hybridized carbons (Fsp3) is 0.263. The van der Waals surface area contributed by atoms with Gasteiger partial charge in [0.15, 0.2) is 6.61 Å². The first-order chi connectivity index (χ1) is 11.3. The summed E-state index contributed by atoms with van der Waals surface area (Å²) in [4.78, 5) is 24.8. The van der Waals surface area contributed by atoms with Gasteiger partial charge in [-0.15, -0.1) is 0 Å². The molecule has 0 atom stereocenters. The quantitative estimate of drug-likeness (QED) is 0.917. The molecule has 5 heteroatoms. The number of anilines is 2. The summed E-state index contributed by atoms with van der Waals surface area (Å²) in [5.41, 5.74) is 3.61. The molecule has 0 radical (unpaired) electrons. The average molecular weight is 326 g/mol.